The van der Waals surface area contributed by atoms with Gasteiger partial charge in [-0.15, -0.1) is 0 Å². The Bertz CT molecular complexity index is 584. The van der Waals surface area contributed by atoms with Crippen molar-refractivity contribution in [2.75, 3.05) is 0 Å². The lowest BCUT2D eigenvalue weighted by atomic mass is 9.85. The Morgan fingerprint density at radius 1 is 1.31 bits per heavy atom. The van der Waals surface area contributed by atoms with E-state index in [-0.39, 0.29) is 5.41 Å². The van der Waals surface area contributed by atoms with Gasteiger partial charge in [0.2, 0.25) is 5.76 Å². The number of benzene rings is 1. The van der Waals surface area contributed by atoms with Crippen LogP contribution >= 0.6 is 15.9 Å². The van der Waals surface area contributed by atoms with Crippen LogP contribution in [0, 0.1) is 11.3 Å². The molecule has 1 aromatic heterocycles. The highest BCUT2D eigenvalue weighted by Crippen LogP contribution is 2.36. The van der Waals surface area contributed by atoms with Crippen LogP contribution in [0.15, 0.2) is 27.1 Å². The van der Waals surface area contributed by atoms with Crippen molar-refractivity contribution >= 4 is 26.9 Å². The lowest BCUT2D eigenvalue weighted by molar-refractivity contribution is 0.546. The van der Waals surface area contributed by atoms with Crippen LogP contribution in [-0.2, 0) is 5.41 Å². The fourth-order valence-electron chi connectivity index (χ4n) is 1.89. The number of hydrogen-bond acceptors (Lipinski definition) is 2. The maximum absolute atomic E-state index is 9.10. The number of nitriles is 1. The molecule has 0 aliphatic rings. The molecular formula is C13H12BrNO. The Morgan fingerprint density at radius 2 is 2.00 bits per heavy atom. The van der Waals surface area contributed by atoms with Crippen molar-refractivity contribution in [2.24, 2.45) is 0 Å². The van der Waals surface area contributed by atoms with E-state index in [4.69, 9.17) is 9.68 Å². The number of hydrogen-bond donors (Lipinski definition) is 0. The molecule has 2 aromatic rings. The lowest BCUT2D eigenvalue weighted by Gasteiger charge is -2.17. The third kappa shape index (κ3) is 1.74. The average molecular weight is 278 g/mol. The normalized spacial score (nSPS) is 11.7. The summed E-state index contributed by atoms with van der Waals surface area (Å²) >= 11 is 3.44. The van der Waals surface area contributed by atoms with Crippen molar-refractivity contribution in [3.8, 4) is 6.07 Å². The summed E-state index contributed by atoms with van der Waals surface area (Å²) < 4.78 is 6.54. The molecule has 0 bridgehead atoms. The van der Waals surface area contributed by atoms with Crippen LogP contribution in [0.5, 0.6) is 0 Å². The molecule has 0 saturated heterocycles. The standard InChI is InChI=1S/C13H12BrNO/c1-13(2,3)12-9-6-8(14)4-5-10(9)16-11(12)7-15/h4-6H,1-3H3. The molecule has 0 amide bonds. The van der Waals surface area contributed by atoms with E-state index in [1.807, 2.05) is 18.2 Å². The largest absolute Gasteiger partial charge is 0.445 e. The molecule has 0 unspecified atom stereocenters. The van der Waals surface area contributed by atoms with E-state index < -0.39 is 0 Å². The maximum Gasteiger partial charge on any atom is 0.208 e. The van der Waals surface area contributed by atoms with Gasteiger partial charge >= 0.3 is 0 Å². The van der Waals surface area contributed by atoms with Crippen LogP contribution < -0.4 is 0 Å². The summed E-state index contributed by atoms with van der Waals surface area (Å²) in [5.74, 6) is 0.417. The molecule has 16 heavy (non-hydrogen) atoms. The van der Waals surface area contributed by atoms with Crippen LogP contribution in [0.1, 0.15) is 32.1 Å². The molecule has 0 aliphatic carbocycles. The van der Waals surface area contributed by atoms with Crippen molar-refractivity contribution in [1.82, 2.24) is 0 Å². The van der Waals surface area contributed by atoms with Gasteiger partial charge in [0.1, 0.15) is 11.7 Å². The van der Waals surface area contributed by atoms with E-state index in [0.717, 1.165) is 21.0 Å². The predicted molar refractivity (Wildman–Crippen MR) is 67.3 cm³/mol. The molecule has 0 atom stereocenters. The van der Waals surface area contributed by atoms with Crippen LogP contribution in [-0.4, -0.2) is 0 Å². The summed E-state index contributed by atoms with van der Waals surface area (Å²) in [5, 5.41) is 10.1. The SMILES string of the molecule is CC(C)(C)c1c(C#N)oc2ccc(Br)cc12. The average Bonchev–Trinajstić information content (AvgIpc) is 2.54. The summed E-state index contributed by atoms with van der Waals surface area (Å²) in [6.45, 7) is 6.25. The highest BCUT2D eigenvalue weighted by Gasteiger charge is 2.25. The molecule has 0 radical (unpaired) electrons. The molecule has 0 aliphatic heterocycles. The van der Waals surface area contributed by atoms with Gasteiger partial charge < -0.3 is 4.42 Å². The highest BCUT2D eigenvalue weighted by molar-refractivity contribution is 9.10. The number of halogens is 1. The van der Waals surface area contributed by atoms with Crippen LogP contribution in [0.3, 0.4) is 0 Å². The van der Waals surface area contributed by atoms with Crippen LogP contribution in [0.25, 0.3) is 11.0 Å². The van der Waals surface area contributed by atoms with Gasteiger partial charge in [0.15, 0.2) is 0 Å². The van der Waals surface area contributed by atoms with Gasteiger partial charge in [0.05, 0.1) is 0 Å². The second-order valence-corrected chi connectivity index (χ2v) is 5.72. The van der Waals surface area contributed by atoms with Gasteiger partial charge in [-0.05, 0) is 23.6 Å². The Labute approximate surface area is 103 Å². The Morgan fingerprint density at radius 3 is 2.56 bits per heavy atom. The van der Waals surface area contributed by atoms with Crippen molar-refractivity contribution in [2.45, 2.75) is 26.2 Å². The first-order valence-corrected chi connectivity index (χ1v) is 5.85. The van der Waals surface area contributed by atoms with Gasteiger partial charge in [-0.1, -0.05) is 36.7 Å². The van der Waals surface area contributed by atoms with Crippen molar-refractivity contribution < 1.29 is 4.42 Å². The Hall–Kier alpha value is -1.27. The second-order valence-electron chi connectivity index (χ2n) is 4.81. The molecule has 2 rings (SSSR count). The molecule has 0 saturated carbocycles. The van der Waals surface area contributed by atoms with E-state index in [1.54, 1.807) is 0 Å². The molecule has 82 valence electrons. The van der Waals surface area contributed by atoms with E-state index in [0.29, 0.717) is 5.76 Å². The zero-order valence-corrected chi connectivity index (χ0v) is 11.1. The smallest absolute Gasteiger partial charge is 0.208 e. The van der Waals surface area contributed by atoms with E-state index in [1.165, 1.54) is 0 Å². The van der Waals surface area contributed by atoms with Gasteiger partial charge in [0.25, 0.3) is 0 Å². The molecule has 1 aromatic carbocycles. The summed E-state index contributed by atoms with van der Waals surface area (Å²) in [4.78, 5) is 0. The number of rotatable bonds is 0. The molecule has 1 heterocycles. The minimum absolute atomic E-state index is 0.100. The highest BCUT2D eigenvalue weighted by atomic mass is 79.9. The molecule has 3 heteroatoms. The number of furan rings is 1. The third-order valence-corrected chi connectivity index (χ3v) is 2.99. The second kappa shape index (κ2) is 3.64. The number of fused-ring (bicyclic) bond motifs is 1. The fourth-order valence-corrected chi connectivity index (χ4v) is 2.25. The van der Waals surface area contributed by atoms with Gasteiger partial charge in [-0.2, -0.15) is 5.26 Å². The van der Waals surface area contributed by atoms with Gasteiger partial charge in [-0.3, -0.25) is 0 Å². The minimum Gasteiger partial charge on any atom is -0.445 e. The molecule has 0 fully saturated rings. The first kappa shape index (κ1) is 11.2. The van der Waals surface area contributed by atoms with Crippen molar-refractivity contribution in [3.63, 3.8) is 0 Å². The topological polar surface area (TPSA) is 36.9 Å². The monoisotopic (exact) mass is 277 g/mol. The maximum atomic E-state index is 9.10. The van der Waals surface area contributed by atoms with Crippen LogP contribution in [0.4, 0.5) is 0 Å². The van der Waals surface area contributed by atoms with E-state index in [9.17, 15) is 0 Å². The van der Waals surface area contributed by atoms with E-state index in [2.05, 4.69) is 42.8 Å². The Balaban J connectivity index is 2.88. The van der Waals surface area contributed by atoms with Gasteiger partial charge in [-0.25, -0.2) is 0 Å². The van der Waals surface area contributed by atoms with Crippen molar-refractivity contribution in [3.05, 3.63) is 34.0 Å². The lowest BCUT2D eigenvalue weighted by Crippen LogP contribution is -2.11. The Kier molecular flexibility index (Phi) is 2.55. The summed E-state index contributed by atoms with van der Waals surface area (Å²) in [6, 6.07) is 7.93. The van der Waals surface area contributed by atoms with Gasteiger partial charge in [0, 0.05) is 15.4 Å². The first-order chi connectivity index (χ1) is 7.43. The molecular weight excluding hydrogens is 266 g/mol. The fraction of sp³-hybridized carbons (Fsp3) is 0.308. The predicted octanol–water partition coefficient (Wildman–Crippen LogP) is 4.36. The zero-order chi connectivity index (χ0) is 11.9. The summed E-state index contributed by atoms with van der Waals surface area (Å²) in [6.07, 6.45) is 0. The minimum atomic E-state index is -0.100. The quantitative estimate of drug-likeness (QED) is 0.717. The molecule has 0 N–H and O–H groups in total. The molecule has 2 nitrogen and oxygen atoms in total. The number of nitrogens with zero attached hydrogens (tertiary/aromatic N) is 1. The zero-order valence-electron chi connectivity index (χ0n) is 9.47. The third-order valence-electron chi connectivity index (χ3n) is 2.50. The summed E-state index contributed by atoms with van der Waals surface area (Å²) in [5.41, 5.74) is 1.65. The molecule has 0 spiro atoms. The first-order valence-electron chi connectivity index (χ1n) is 5.06. The van der Waals surface area contributed by atoms with Crippen molar-refractivity contribution in [1.29, 1.82) is 5.26 Å². The van der Waals surface area contributed by atoms with E-state index >= 15 is 0 Å². The van der Waals surface area contributed by atoms with Crippen LogP contribution in [0.2, 0.25) is 0 Å². The summed E-state index contributed by atoms with van der Waals surface area (Å²) in [7, 11) is 0.